The normalized spacial score (nSPS) is 25.2. The fourth-order valence-electron chi connectivity index (χ4n) is 4.05. The molecule has 1 aliphatic carbocycles. The van der Waals surface area contributed by atoms with Crippen LogP contribution in [0.25, 0.3) is 0 Å². The molecular weight excluding hydrogens is 336 g/mol. The molecule has 1 atom stereocenters. The van der Waals surface area contributed by atoms with E-state index in [1.54, 1.807) is 7.11 Å². The molecule has 0 radical (unpaired) electrons. The second kappa shape index (κ2) is 8.72. The van der Waals surface area contributed by atoms with Crippen LogP contribution in [0, 0.1) is 10.8 Å². The minimum absolute atomic E-state index is 0. The van der Waals surface area contributed by atoms with Crippen LogP contribution in [0.1, 0.15) is 38.2 Å². The van der Waals surface area contributed by atoms with E-state index in [9.17, 15) is 0 Å². The standard InChI is InChI=1S/C20H32N2O2.ClH/c1-19(13-21)9-10-22(14-19)15-20(7-4-8-20)16-24-18-6-3-5-17(11-18)12-23-2;/h3,5-6,11H,4,7-10,12-16,21H2,1-2H3;1H. The van der Waals surface area contributed by atoms with E-state index in [1.165, 1.54) is 32.2 Å². The van der Waals surface area contributed by atoms with Gasteiger partial charge in [-0.1, -0.05) is 25.5 Å². The number of ether oxygens (including phenoxy) is 2. The number of benzene rings is 1. The Morgan fingerprint density at radius 2 is 2.04 bits per heavy atom. The van der Waals surface area contributed by atoms with E-state index in [-0.39, 0.29) is 12.4 Å². The Labute approximate surface area is 158 Å². The lowest BCUT2D eigenvalue weighted by molar-refractivity contribution is 0.0217. The van der Waals surface area contributed by atoms with Crippen LogP contribution in [-0.2, 0) is 11.3 Å². The molecule has 1 aliphatic heterocycles. The van der Waals surface area contributed by atoms with Crippen molar-refractivity contribution in [2.75, 3.05) is 39.9 Å². The number of likely N-dealkylation sites (tertiary alicyclic amines) is 1. The number of halogens is 1. The molecule has 2 N–H and O–H groups in total. The largest absolute Gasteiger partial charge is 0.493 e. The monoisotopic (exact) mass is 368 g/mol. The predicted octanol–water partition coefficient (Wildman–Crippen LogP) is 3.47. The first-order valence-electron chi connectivity index (χ1n) is 9.20. The highest BCUT2D eigenvalue weighted by atomic mass is 35.5. The molecule has 0 aromatic heterocycles. The van der Waals surface area contributed by atoms with Crippen molar-refractivity contribution in [3.05, 3.63) is 29.8 Å². The van der Waals surface area contributed by atoms with Gasteiger partial charge in [0.15, 0.2) is 0 Å². The van der Waals surface area contributed by atoms with E-state index < -0.39 is 0 Å². The van der Waals surface area contributed by atoms with Crippen LogP contribution in [-0.4, -0.2) is 44.8 Å². The van der Waals surface area contributed by atoms with Crippen molar-refractivity contribution in [1.82, 2.24) is 4.90 Å². The van der Waals surface area contributed by atoms with Crippen LogP contribution in [0.3, 0.4) is 0 Å². The maximum Gasteiger partial charge on any atom is 0.119 e. The Morgan fingerprint density at radius 1 is 1.24 bits per heavy atom. The Bertz CT molecular complexity index is 550. The topological polar surface area (TPSA) is 47.7 Å². The molecule has 4 nitrogen and oxygen atoms in total. The van der Waals surface area contributed by atoms with E-state index >= 15 is 0 Å². The Hall–Kier alpha value is -0.810. The van der Waals surface area contributed by atoms with Gasteiger partial charge in [0.2, 0.25) is 0 Å². The molecule has 1 aromatic carbocycles. The average molecular weight is 369 g/mol. The maximum atomic E-state index is 6.18. The van der Waals surface area contributed by atoms with Crippen LogP contribution < -0.4 is 10.5 Å². The highest BCUT2D eigenvalue weighted by Crippen LogP contribution is 2.43. The minimum atomic E-state index is 0. The molecular formula is C20H33ClN2O2. The SMILES string of the molecule is COCc1cccc(OCC2(CN3CCC(C)(CN)C3)CCC2)c1.Cl. The molecule has 142 valence electrons. The van der Waals surface area contributed by atoms with Gasteiger partial charge < -0.3 is 20.1 Å². The molecule has 2 fully saturated rings. The summed E-state index contributed by atoms with van der Waals surface area (Å²) < 4.78 is 11.4. The van der Waals surface area contributed by atoms with Gasteiger partial charge in [-0.3, -0.25) is 0 Å². The zero-order valence-corrected chi connectivity index (χ0v) is 16.4. The molecule has 0 spiro atoms. The molecule has 2 aliphatic rings. The van der Waals surface area contributed by atoms with E-state index in [1.807, 2.05) is 12.1 Å². The van der Waals surface area contributed by atoms with Gasteiger partial charge in [0.25, 0.3) is 0 Å². The third-order valence-electron chi connectivity index (χ3n) is 5.86. The summed E-state index contributed by atoms with van der Waals surface area (Å²) in [6.07, 6.45) is 5.11. The molecule has 5 heteroatoms. The van der Waals surface area contributed by atoms with E-state index in [4.69, 9.17) is 15.2 Å². The number of nitrogens with zero attached hydrogens (tertiary/aromatic N) is 1. The van der Waals surface area contributed by atoms with Crippen molar-refractivity contribution < 1.29 is 9.47 Å². The molecule has 1 aromatic rings. The first-order chi connectivity index (χ1) is 11.6. The zero-order chi connectivity index (χ0) is 17.0. The van der Waals surface area contributed by atoms with Crippen molar-refractivity contribution in [3.8, 4) is 5.75 Å². The predicted molar refractivity (Wildman–Crippen MR) is 104 cm³/mol. The Kier molecular flexibility index (Phi) is 7.15. The number of hydrogen-bond acceptors (Lipinski definition) is 4. The molecule has 25 heavy (non-hydrogen) atoms. The van der Waals surface area contributed by atoms with Gasteiger partial charge in [-0.15, -0.1) is 12.4 Å². The summed E-state index contributed by atoms with van der Waals surface area (Å²) in [4.78, 5) is 2.61. The number of hydrogen-bond donors (Lipinski definition) is 1. The molecule has 1 saturated carbocycles. The summed E-state index contributed by atoms with van der Waals surface area (Å²) in [5.41, 5.74) is 7.75. The van der Waals surface area contributed by atoms with Crippen LogP contribution in [0.15, 0.2) is 24.3 Å². The third kappa shape index (κ3) is 5.10. The highest BCUT2D eigenvalue weighted by Gasteiger charge is 2.42. The zero-order valence-electron chi connectivity index (χ0n) is 15.6. The van der Waals surface area contributed by atoms with Crippen LogP contribution >= 0.6 is 12.4 Å². The number of nitrogens with two attached hydrogens (primary N) is 1. The fourth-order valence-corrected chi connectivity index (χ4v) is 4.05. The van der Waals surface area contributed by atoms with Crippen LogP contribution in [0.5, 0.6) is 5.75 Å². The lowest BCUT2D eigenvalue weighted by Gasteiger charge is -2.44. The van der Waals surface area contributed by atoms with Gasteiger partial charge in [0.1, 0.15) is 5.75 Å². The van der Waals surface area contributed by atoms with Crippen LogP contribution in [0.2, 0.25) is 0 Å². The number of methoxy groups -OCH3 is 1. The lowest BCUT2D eigenvalue weighted by Crippen LogP contribution is -2.46. The molecule has 1 saturated heterocycles. The van der Waals surface area contributed by atoms with Gasteiger partial charge in [0.05, 0.1) is 13.2 Å². The first kappa shape index (κ1) is 20.5. The summed E-state index contributed by atoms with van der Waals surface area (Å²) in [6.45, 7) is 8.03. The van der Waals surface area contributed by atoms with E-state index in [0.29, 0.717) is 17.4 Å². The van der Waals surface area contributed by atoms with E-state index in [0.717, 1.165) is 37.6 Å². The summed E-state index contributed by atoms with van der Waals surface area (Å²) in [5, 5.41) is 0. The third-order valence-corrected chi connectivity index (χ3v) is 5.86. The maximum absolute atomic E-state index is 6.18. The van der Waals surface area contributed by atoms with Gasteiger partial charge >= 0.3 is 0 Å². The summed E-state index contributed by atoms with van der Waals surface area (Å²) in [6, 6.07) is 8.27. The fraction of sp³-hybridized carbons (Fsp3) is 0.700. The Morgan fingerprint density at radius 3 is 2.64 bits per heavy atom. The summed E-state index contributed by atoms with van der Waals surface area (Å²) in [7, 11) is 1.72. The van der Waals surface area contributed by atoms with Gasteiger partial charge in [-0.05, 0) is 55.5 Å². The first-order valence-corrected chi connectivity index (χ1v) is 9.20. The summed E-state index contributed by atoms with van der Waals surface area (Å²) >= 11 is 0. The van der Waals surface area contributed by atoms with Gasteiger partial charge in [0, 0.05) is 25.6 Å². The second-order valence-electron chi connectivity index (χ2n) is 8.20. The molecule has 0 amide bonds. The molecule has 3 rings (SSSR count). The summed E-state index contributed by atoms with van der Waals surface area (Å²) in [5.74, 6) is 0.962. The van der Waals surface area contributed by atoms with Gasteiger partial charge in [-0.25, -0.2) is 0 Å². The molecule has 0 bridgehead atoms. The molecule has 1 unspecified atom stereocenters. The van der Waals surface area contributed by atoms with Gasteiger partial charge in [-0.2, -0.15) is 0 Å². The molecule has 1 heterocycles. The quantitative estimate of drug-likeness (QED) is 0.763. The average Bonchev–Trinajstić information content (AvgIpc) is 2.92. The smallest absolute Gasteiger partial charge is 0.119 e. The van der Waals surface area contributed by atoms with Crippen molar-refractivity contribution in [3.63, 3.8) is 0 Å². The van der Waals surface area contributed by atoms with Crippen LogP contribution in [0.4, 0.5) is 0 Å². The van der Waals surface area contributed by atoms with Crippen molar-refractivity contribution in [2.45, 2.75) is 39.2 Å². The van der Waals surface area contributed by atoms with E-state index in [2.05, 4.69) is 24.0 Å². The highest BCUT2D eigenvalue weighted by molar-refractivity contribution is 5.85. The minimum Gasteiger partial charge on any atom is -0.493 e. The Balaban J connectivity index is 0.00000225. The van der Waals surface area contributed by atoms with Crippen molar-refractivity contribution in [2.24, 2.45) is 16.6 Å². The second-order valence-corrected chi connectivity index (χ2v) is 8.20. The van der Waals surface area contributed by atoms with Crippen molar-refractivity contribution in [1.29, 1.82) is 0 Å². The number of rotatable bonds is 8. The lowest BCUT2D eigenvalue weighted by atomic mass is 9.69. The van der Waals surface area contributed by atoms with Crippen molar-refractivity contribution >= 4 is 12.4 Å².